The van der Waals surface area contributed by atoms with Gasteiger partial charge in [-0.15, -0.1) is 10.2 Å². The van der Waals surface area contributed by atoms with Gasteiger partial charge >= 0.3 is 12.1 Å². The molecule has 4 aromatic rings. The smallest absolute Gasteiger partial charge is 0.452 e. The molecule has 0 saturated carbocycles. The van der Waals surface area contributed by atoms with Crippen LogP contribution in [0.4, 0.5) is 13.2 Å². The van der Waals surface area contributed by atoms with Crippen molar-refractivity contribution >= 4 is 21.6 Å². The van der Waals surface area contributed by atoms with Gasteiger partial charge in [-0.2, -0.15) is 17.5 Å². The lowest BCUT2D eigenvalue weighted by molar-refractivity contribution is -0.147. The number of fused-ring (bicyclic) bond motifs is 2. The molecule has 1 atom stereocenters. The molecule has 1 saturated heterocycles. The monoisotopic (exact) mass is 644 g/mol. The largest absolute Gasteiger partial charge is 0.481 e. The third-order valence-corrected chi connectivity index (χ3v) is 10.6. The maximum absolute atomic E-state index is 13.9. The number of ether oxygens (including phenoxy) is 1. The van der Waals surface area contributed by atoms with Gasteiger partial charge in [0, 0.05) is 37.9 Å². The summed E-state index contributed by atoms with van der Waals surface area (Å²) in [5.41, 5.74) is 0.495. The first-order valence-corrected chi connectivity index (χ1v) is 15.6. The Hall–Kier alpha value is -4.08. The Labute approximate surface area is 257 Å². The second-order valence-electron chi connectivity index (χ2n) is 12.2. The van der Waals surface area contributed by atoms with E-state index in [2.05, 4.69) is 20.5 Å². The highest BCUT2D eigenvalue weighted by atomic mass is 32.2. The number of aryl methyl sites for hydroxylation is 2. The van der Waals surface area contributed by atoms with E-state index >= 15 is 0 Å². The van der Waals surface area contributed by atoms with Gasteiger partial charge in [-0.25, -0.2) is 13.4 Å². The molecule has 0 bridgehead atoms. The molecule has 0 radical (unpaired) electrons. The number of carboxylic acids is 1. The second kappa shape index (κ2) is 10.5. The molecule has 2 aliphatic rings. The Bertz CT molecular complexity index is 1940. The van der Waals surface area contributed by atoms with Crippen LogP contribution in [0.1, 0.15) is 53.4 Å². The zero-order chi connectivity index (χ0) is 32.5. The number of hydrogen-bond donors (Lipinski definition) is 2. The molecule has 6 rings (SSSR count). The molecular formula is C30H31F3N6O5S. The molecule has 45 heavy (non-hydrogen) atoms. The number of halogens is 3. The van der Waals surface area contributed by atoms with E-state index in [9.17, 15) is 31.5 Å². The molecule has 1 spiro atoms. The fourth-order valence-electron chi connectivity index (χ4n) is 6.10. The second-order valence-corrected chi connectivity index (χ2v) is 14.1. The highest BCUT2D eigenvalue weighted by molar-refractivity contribution is 7.89. The molecule has 1 fully saturated rings. The highest BCUT2D eigenvalue weighted by Gasteiger charge is 2.48. The van der Waals surface area contributed by atoms with E-state index in [1.165, 1.54) is 34.9 Å². The molecular weight excluding hydrogens is 613 g/mol. The summed E-state index contributed by atoms with van der Waals surface area (Å²) in [4.78, 5) is 16.8. The SMILES string of the molecule is Cc1ccc([C@@H](c2ccn3c(C(F)(F)F)nnc3c2C)C(C)(C)C(=O)O)cc1CN1CC2(CNC2)Oc2ncccc2S1(=O)=O. The number of aromatic nitrogens is 4. The van der Waals surface area contributed by atoms with Crippen molar-refractivity contribution in [1.29, 1.82) is 0 Å². The van der Waals surface area contributed by atoms with E-state index in [0.717, 1.165) is 9.96 Å². The van der Waals surface area contributed by atoms with Crippen molar-refractivity contribution in [3.8, 4) is 5.88 Å². The Morgan fingerprint density at radius 1 is 1.16 bits per heavy atom. The third-order valence-electron chi connectivity index (χ3n) is 8.78. The number of benzene rings is 1. The van der Waals surface area contributed by atoms with Crippen LogP contribution in [-0.4, -0.2) is 68.6 Å². The molecule has 3 aromatic heterocycles. The number of carbonyl (C=O) groups is 1. The number of nitrogens with zero attached hydrogens (tertiary/aromatic N) is 5. The fourth-order valence-corrected chi connectivity index (χ4v) is 7.66. The van der Waals surface area contributed by atoms with E-state index in [1.54, 1.807) is 39.0 Å². The molecule has 2 N–H and O–H groups in total. The number of carboxylic acid groups (broad SMARTS) is 1. The third kappa shape index (κ3) is 5.12. The van der Waals surface area contributed by atoms with Crippen molar-refractivity contribution in [2.75, 3.05) is 19.6 Å². The zero-order valence-corrected chi connectivity index (χ0v) is 25.7. The Morgan fingerprint density at radius 2 is 1.89 bits per heavy atom. The predicted molar refractivity (Wildman–Crippen MR) is 155 cm³/mol. The van der Waals surface area contributed by atoms with Gasteiger partial charge < -0.3 is 15.2 Å². The van der Waals surface area contributed by atoms with Crippen LogP contribution >= 0.6 is 0 Å². The van der Waals surface area contributed by atoms with Crippen LogP contribution in [0.3, 0.4) is 0 Å². The average molecular weight is 645 g/mol. The van der Waals surface area contributed by atoms with E-state index in [1.807, 2.05) is 6.92 Å². The minimum absolute atomic E-state index is 0.0290. The van der Waals surface area contributed by atoms with Crippen LogP contribution < -0.4 is 10.1 Å². The Balaban J connectivity index is 1.46. The maximum Gasteiger partial charge on any atom is 0.452 e. The van der Waals surface area contributed by atoms with Gasteiger partial charge in [-0.3, -0.25) is 9.20 Å². The summed E-state index contributed by atoms with van der Waals surface area (Å²) in [6.45, 7) is 7.41. The van der Waals surface area contributed by atoms with Crippen LogP contribution in [0.25, 0.3) is 5.65 Å². The summed E-state index contributed by atoms with van der Waals surface area (Å²) < 4.78 is 76.8. The summed E-state index contributed by atoms with van der Waals surface area (Å²) in [7, 11) is -4.04. The fraction of sp³-hybridized carbons (Fsp3) is 0.400. The van der Waals surface area contributed by atoms with Gasteiger partial charge in [-0.1, -0.05) is 18.2 Å². The number of hydrogen-bond acceptors (Lipinski definition) is 8. The number of sulfonamides is 1. The van der Waals surface area contributed by atoms with Crippen LogP contribution in [0.5, 0.6) is 5.88 Å². The quantitative estimate of drug-likeness (QED) is 0.320. The van der Waals surface area contributed by atoms with Crippen LogP contribution in [0, 0.1) is 19.3 Å². The number of alkyl halides is 3. The Kier molecular flexibility index (Phi) is 7.21. The lowest BCUT2D eigenvalue weighted by Crippen LogP contribution is -2.67. The standard InChI is InChI=1S/C30H31F3N6O5S/c1-17-7-8-19(12-20(17)13-38-16-29(14-34-15-29)44-25-22(45(38,42)43)6-5-10-35-25)23(28(3,4)27(40)41)21-9-11-39-24(18(21)2)36-37-26(39)30(31,32)33/h5-12,23,34H,13-16H2,1-4H3,(H,40,41)/t23-/m0/s1. The summed E-state index contributed by atoms with van der Waals surface area (Å²) in [6.07, 6.45) is -2.06. The topological polar surface area (TPSA) is 139 Å². The van der Waals surface area contributed by atoms with E-state index in [0.29, 0.717) is 35.3 Å². The van der Waals surface area contributed by atoms with Crippen molar-refractivity contribution < 1.29 is 36.2 Å². The number of rotatable bonds is 6. The first-order valence-electron chi connectivity index (χ1n) is 14.1. The van der Waals surface area contributed by atoms with Gasteiger partial charge in [0.2, 0.25) is 21.7 Å². The molecule has 0 unspecified atom stereocenters. The summed E-state index contributed by atoms with van der Waals surface area (Å²) in [6, 6.07) is 9.78. The molecule has 238 valence electrons. The first kappa shape index (κ1) is 30.9. The number of nitrogens with one attached hydrogen (secondary N) is 1. The molecule has 0 aliphatic carbocycles. The van der Waals surface area contributed by atoms with Gasteiger partial charge in [0.15, 0.2) is 5.65 Å². The molecule has 2 aliphatic heterocycles. The Morgan fingerprint density at radius 3 is 2.53 bits per heavy atom. The van der Waals surface area contributed by atoms with Gasteiger partial charge in [0.1, 0.15) is 10.5 Å². The number of aliphatic carboxylic acids is 1. The van der Waals surface area contributed by atoms with E-state index in [4.69, 9.17) is 4.74 Å². The minimum atomic E-state index is -4.73. The lowest BCUT2D eigenvalue weighted by Gasteiger charge is -2.42. The van der Waals surface area contributed by atoms with E-state index in [-0.39, 0.29) is 29.5 Å². The van der Waals surface area contributed by atoms with E-state index < -0.39 is 44.9 Å². The summed E-state index contributed by atoms with van der Waals surface area (Å²) >= 11 is 0. The van der Waals surface area contributed by atoms with Crippen molar-refractivity contribution in [1.82, 2.24) is 29.2 Å². The lowest BCUT2D eigenvalue weighted by atomic mass is 9.70. The average Bonchev–Trinajstić information content (AvgIpc) is 3.36. The molecule has 0 amide bonds. The maximum atomic E-state index is 13.9. The zero-order valence-electron chi connectivity index (χ0n) is 24.9. The van der Waals surface area contributed by atoms with Crippen molar-refractivity contribution in [2.24, 2.45) is 5.41 Å². The normalized spacial score (nSPS) is 18.6. The molecule has 5 heterocycles. The minimum Gasteiger partial charge on any atom is -0.481 e. The molecule has 11 nitrogen and oxygen atoms in total. The van der Waals surface area contributed by atoms with Gasteiger partial charge in [0.05, 0.1) is 12.0 Å². The highest BCUT2D eigenvalue weighted by Crippen LogP contribution is 2.44. The molecule has 1 aromatic carbocycles. The van der Waals surface area contributed by atoms with Gasteiger partial charge in [0.25, 0.3) is 0 Å². The van der Waals surface area contributed by atoms with Crippen LogP contribution in [0.15, 0.2) is 53.7 Å². The molecule has 15 heteroatoms. The van der Waals surface area contributed by atoms with Crippen molar-refractivity contribution in [3.63, 3.8) is 0 Å². The van der Waals surface area contributed by atoms with Crippen molar-refractivity contribution in [3.05, 3.63) is 82.4 Å². The predicted octanol–water partition coefficient (Wildman–Crippen LogP) is 3.93. The van der Waals surface area contributed by atoms with Gasteiger partial charge in [-0.05, 0) is 73.7 Å². The number of pyridine rings is 2. The van der Waals surface area contributed by atoms with Crippen molar-refractivity contribution in [2.45, 2.75) is 56.8 Å². The summed E-state index contributed by atoms with van der Waals surface area (Å²) in [5.74, 6) is -3.11. The van der Waals surface area contributed by atoms with Crippen LogP contribution in [-0.2, 0) is 27.5 Å². The van der Waals surface area contributed by atoms with Crippen LogP contribution in [0.2, 0.25) is 0 Å². The summed E-state index contributed by atoms with van der Waals surface area (Å²) in [5, 5.41) is 20.6. The first-order chi connectivity index (χ1) is 21.0.